The van der Waals surface area contributed by atoms with Gasteiger partial charge in [-0.05, 0) is 61.7 Å². The fraction of sp³-hybridized carbons (Fsp3) is 0.421. The number of benzene rings is 1. The first-order valence-electron chi connectivity index (χ1n) is 8.71. The van der Waals surface area contributed by atoms with Gasteiger partial charge in [-0.1, -0.05) is 12.1 Å². The van der Waals surface area contributed by atoms with Crippen LogP contribution < -0.4 is 5.32 Å². The number of carbonyl (C=O) groups excluding carboxylic acids is 1. The summed E-state index contributed by atoms with van der Waals surface area (Å²) in [6.45, 7) is 3.15. The summed E-state index contributed by atoms with van der Waals surface area (Å²) in [6, 6.07) is 8.77. The second-order valence-corrected chi connectivity index (χ2v) is 8.04. The number of nitrogens with zero attached hydrogens (tertiary/aromatic N) is 1. The number of amides is 1. The molecule has 1 amide bonds. The molecule has 26 heavy (non-hydrogen) atoms. The molecule has 1 aromatic heterocycles. The predicted molar refractivity (Wildman–Crippen MR) is 95.2 cm³/mol. The first kappa shape index (κ1) is 17.5. The fourth-order valence-corrected chi connectivity index (χ4v) is 4.72. The number of hydrogen-bond acceptors (Lipinski definition) is 3. The van der Waals surface area contributed by atoms with Gasteiger partial charge in [0.1, 0.15) is 0 Å². The highest BCUT2D eigenvalue weighted by molar-refractivity contribution is 7.17. The van der Waals surface area contributed by atoms with E-state index in [1.54, 1.807) is 12.1 Å². The predicted octanol–water partition coefficient (Wildman–Crippen LogP) is 4.26. The van der Waals surface area contributed by atoms with Crippen LogP contribution in [0.3, 0.4) is 0 Å². The van der Waals surface area contributed by atoms with Crippen molar-refractivity contribution in [3.63, 3.8) is 0 Å². The lowest BCUT2D eigenvalue weighted by Crippen LogP contribution is -2.57. The Balaban J connectivity index is 1.45. The maximum Gasteiger partial charge on any atom is 0.416 e. The summed E-state index contributed by atoms with van der Waals surface area (Å²) in [5.41, 5.74) is 0.0167. The molecule has 7 heteroatoms. The summed E-state index contributed by atoms with van der Waals surface area (Å²) in [5.74, 6) is 0.463. The van der Waals surface area contributed by atoms with E-state index in [-0.39, 0.29) is 11.9 Å². The van der Waals surface area contributed by atoms with Crippen molar-refractivity contribution in [2.24, 2.45) is 5.92 Å². The van der Waals surface area contributed by atoms with Gasteiger partial charge in [-0.3, -0.25) is 4.79 Å². The number of halogens is 3. The number of alkyl halides is 3. The minimum Gasteiger partial charge on any atom is -0.347 e. The van der Waals surface area contributed by atoms with Gasteiger partial charge in [0.2, 0.25) is 0 Å². The highest BCUT2D eigenvalue weighted by atomic mass is 32.1. The van der Waals surface area contributed by atoms with Crippen LogP contribution in [-0.2, 0) is 6.18 Å². The van der Waals surface area contributed by atoms with E-state index in [1.807, 2.05) is 0 Å². The molecule has 3 aliphatic heterocycles. The molecular formula is C19H19F3N2OS. The third-order valence-electron chi connectivity index (χ3n) is 5.30. The Morgan fingerprint density at radius 3 is 2.35 bits per heavy atom. The van der Waals surface area contributed by atoms with Gasteiger partial charge in [-0.25, -0.2) is 0 Å². The van der Waals surface area contributed by atoms with Crippen LogP contribution in [0, 0.1) is 5.92 Å². The standard InChI is InChI=1S/C19H19F3N2OS/c20-19(21,22)14-3-1-13(2-4-14)16-5-6-17(26-16)18(25)23-15-11-24-9-7-12(15)8-10-24/h1-6,12,15H,7-11H2,(H,23,25). The molecule has 138 valence electrons. The molecule has 1 N–H and O–H groups in total. The number of nitrogens with one attached hydrogen (secondary N) is 1. The monoisotopic (exact) mass is 380 g/mol. The molecule has 1 aromatic carbocycles. The minimum atomic E-state index is -4.34. The third kappa shape index (κ3) is 3.50. The average molecular weight is 380 g/mol. The van der Waals surface area contributed by atoms with Crippen molar-refractivity contribution in [1.82, 2.24) is 10.2 Å². The molecule has 2 bridgehead atoms. The summed E-state index contributed by atoms with van der Waals surface area (Å²) in [4.78, 5) is 16.3. The summed E-state index contributed by atoms with van der Waals surface area (Å²) < 4.78 is 38.0. The van der Waals surface area contributed by atoms with Crippen LogP contribution in [0.4, 0.5) is 13.2 Å². The first-order chi connectivity index (χ1) is 12.4. The molecule has 2 aromatic rings. The van der Waals surface area contributed by atoms with Crippen molar-refractivity contribution in [2.75, 3.05) is 19.6 Å². The van der Waals surface area contributed by atoms with E-state index in [1.165, 1.54) is 23.5 Å². The number of hydrogen-bond donors (Lipinski definition) is 1. The number of rotatable bonds is 3. The summed E-state index contributed by atoms with van der Waals surface area (Å²) in [6.07, 6.45) is -2.08. The number of fused-ring (bicyclic) bond motifs is 3. The molecule has 0 spiro atoms. The smallest absolute Gasteiger partial charge is 0.347 e. The Labute approximate surface area is 153 Å². The summed E-state index contributed by atoms with van der Waals surface area (Å²) in [5, 5.41) is 3.14. The molecule has 5 rings (SSSR count). The third-order valence-corrected chi connectivity index (χ3v) is 6.43. The Morgan fingerprint density at radius 2 is 1.77 bits per heavy atom. The maximum atomic E-state index is 12.7. The summed E-state index contributed by atoms with van der Waals surface area (Å²) >= 11 is 1.31. The van der Waals surface area contributed by atoms with Crippen LogP contribution >= 0.6 is 11.3 Å². The lowest BCUT2D eigenvalue weighted by Gasteiger charge is -2.44. The number of thiophene rings is 1. The Morgan fingerprint density at radius 1 is 1.08 bits per heavy atom. The van der Waals surface area contributed by atoms with E-state index < -0.39 is 11.7 Å². The highest BCUT2D eigenvalue weighted by Gasteiger charge is 2.35. The zero-order valence-electron chi connectivity index (χ0n) is 14.1. The molecular weight excluding hydrogens is 361 g/mol. The summed E-state index contributed by atoms with van der Waals surface area (Å²) in [7, 11) is 0. The van der Waals surface area contributed by atoms with Crippen LogP contribution in [0.1, 0.15) is 28.1 Å². The van der Waals surface area contributed by atoms with Gasteiger partial charge in [0.15, 0.2) is 0 Å². The lowest BCUT2D eigenvalue weighted by atomic mass is 9.84. The molecule has 3 saturated heterocycles. The van der Waals surface area contributed by atoms with E-state index >= 15 is 0 Å². The molecule has 4 heterocycles. The molecule has 3 nitrogen and oxygen atoms in total. The largest absolute Gasteiger partial charge is 0.416 e. The van der Waals surface area contributed by atoms with Gasteiger partial charge >= 0.3 is 6.18 Å². The molecule has 0 aliphatic carbocycles. The Hall–Kier alpha value is -1.86. The van der Waals surface area contributed by atoms with E-state index in [4.69, 9.17) is 0 Å². The van der Waals surface area contributed by atoms with Gasteiger partial charge in [0.05, 0.1) is 10.4 Å². The quantitative estimate of drug-likeness (QED) is 0.863. The van der Waals surface area contributed by atoms with Crippen LogP contribution in [0.15, 0.2) is 36.4 Å². The SMILES string of the molecule is O=C(NC1CN2CCC1CC2)c1ccc(-c2ccc(C(F)(F)F)cc2)s1. The Bertz CT molecular complexity index is 792. The second kappa shape index (κ2) is 6.70. The van der Waals surface area contributed by atoms with Crippen LogP contribution in [0.2, 0.25) is 0 Å². The maximum absolute atomic E-state index is 12.7. The van der Waals surface area contributed by atoms with Crippen molar-refractivity contribution in [3.05, 3.63) is 46.8 Å². The normalized spacial score (nSPS) is 25.3. The molecule has 1 atom stereocenters. The topological polar surface area (TPSA) is 32.3 Å². The molecule has 3 aliphatic rings. The fourth-order valence-electron chi connectivity index (χ4n) is 3.81. The number of piperidine rings is 3. The van der Waals surface area contributed by atoms with Crippen LogP contribution in [0.25, 0.3) is 10.4 Å². The van der Waals surface area contributed by atoms with Gasteiger partial charge in [-0.2, -0.15) is 13.2 Å². The average Bonchev–Trinajstić information content (AvgIpc) is 3.12. The number of carbonyl (C=O) groups is 1. The van der Waals surface area contributed by atoms with Crippen molar-refractivity contribution >= 4 is 17.2 Å². The van der Waals surface area contributed by atoms with Gasteiger partial charge in [0, 0.05) is 17.5 Å². The second-order valence-electron chi connectivity index (χ2n) is 6.96. The van der Waals surface area contributed by atoms with Crippen molar-refractivity contribution in [1.29, 1.82) is 0 Å². The van der Waals surface area contributed by atoms with Gasteiger partial charge < -0.3 is 10.2 Å². The minimum absolute atomic E-state index is 0.0908. The first-order valence-corrected chi connectivity index (χ1v) is 9.52. The lowest BCUT2D eigenvalue weighted by molar-refractivity contribution is -0.137. The zero-order valence-corrected chi connectivity index (χ0v) is 14.9. The Kier molecular flexibility index (Phi) is 4.52. The van der Waals surface area contributed by atoms with Crippen molar-refractivity contribution in [2.45, 2.75) is 25.1 Å². The van der Waals surface area contributed by atoms with E-state index in [0.29, 0.717) is 16.4 Å². The van der Waals surface area contributed by atoms with E-state index in [9.17, 15) is 18.0 Å². The molecule has 0 saturated carbocycles. The van der Waals surface area contributed by atoms with Crippen LogP contribution in [0.5, 0.6) is 0 Å². The molecule has 1 unspecified atom stereocenters. The molecule has 0 radical (unpaired) electrons. The zero-order chi connectivity index (χ0) is 18.3. The highest BCUT2D eigenvalue weighted by Crippen LogP contribution is 2.33. The van der Waals surface area contributed by atoms with Crippen LogP contribution in [-0.4, -0.2) is 36.5 Å². The van der Waals surface area contributed by atoms with E-state index in [0.717, 1.165) is 49.5 Å². The van der Waals surface area contributed by atoms with Gasteiger partial charge in [0.25, 0.3) is 5.91 Å². The van der Waals surface area contributed by atoms with Crippen molar-refractivity contribution in [3.8, 4) is 10.4 Å². The van der Waals surface area contributed by atoms with Gasteiger partial charge in [-0.15, -0.1) is 11.3 Å². The molecule has 3 fully saturated rings. The van der Waals surface area contributed by atoms with E-state index in [2.05, 4.69) is 10.2 Å². The van der Waals surface area contributed by atoms with Crippen molar-refractivity contribution < 1.29 is 18.0 Å².